The third-order valence-corrected chi connectivity index (χ3v) is 4.57. The van der Waals surface area contributed by atoms with Gasteiger partial charge in [-0.1, -0.05) is 0 Å². The molecule has 0 spiro atoms. The molecule has 0 unspecified atom stereocenters. The van der Waals surface area contributed by atoms with Crippen LogP contribution < -0.4 is 18.4 Å². The van der Waals surface area contributed by atoms with Gasteiger partial charge < -0.3 is 0 Å². The van der Waals surface area contributed by atoms with Crippen LogP contribution in [-0.4, -0.2) is 14.8 Å². The van der Waals surface area contributed by atoms with Gasteiger partial charge in [0.2, 0.25) is 0 Å². The van der Waals surface area contributed by atoms with Crippen LogP contribution in [0, 0.1) is 0 Å². The van der Waals surface area contributed by atoms with E-state index in [9.17, 15) is 0 Å². The number of halogens is 1. The molecule has 0 atom stereocenters. The first-order chi connectivity index (χ1) is 5.08. The minimum atomic E-state index is -1.28. The predicted octanol–water partition coefficient (Wildman–Crippen LogP) is -0.764. The molecule has 0 amide bonds. The van der Waals surface area contributed by atoms with E-state index >= 15 is 0 Å². The van der Waals surface area contributed by atoms with E-state index in [2.05, 4.69) is 45.1 Å². The van der Waals surface area contributed by atoms with Crippen LogP contribution in [0.5, 0.6) is 0 Å². The fourth-order valence-electron chi connectivity index (χ4n) is 1.03. The first kappa shape index (κ1) is 9.04. The Hall–Kier alpha value is -0.0500. The summed E-state index contributed by atoms with van der Waals surface area (Å²) >= 11 is -1.28. The zero-order valence-electron chi connectivity index (χ0n) is 7.47. The van der Waals surface area contributed by atoms with E-state index < -0.39 is 18.4 Å². The van der Waals surface area contributed by atoms with Gasteiger partial charge in [-0.3, -0.25) is 0 Å². The van der Waals surface area contributed by atoms with Crippen LogP contribution in [0.4, 0.5) is 0 Å². The minimum absolute atomic E-state index is 1.28. The first-order valence-electron chi connectivity index (χ1n) is 3.67. The molecule has 0 bridgehead atoms. The second kappa shape index (κ2) is 3.57. The molecular weight excluding hydrogens is 247 g/mol. The van der Waals surface area contributed by atoms with Gasteiger partial charge in [0.1, 0.15) is 0 Å². The summed E-state index contributed by atoms with van der Waals surface area (Å²) in [5.41, 5.74) is 1.51. The van der Waals surface area contributed by atoms with Gasteiger partial charge in [-0.25, -0.2) is 0 Å². The van der Waals surface area contributed by atoms with E-state index in [1.54, 1.807) is 0 Å². The molecule has 1 rings (SSSR count). The number of hydrogen-bond acceptors (Lipinski definition) is 0. The summed E-state index contributed by atoms with van der Waals surface area (Å²) in [5.74, 6) is 0. The fourth-order valence-corrected chi connectivity index (χ4v) is 4.18. The van der Waals surface area contributed by atoms with Crippen LogP contribution in [0.1, 0.15) is 5.56 Å². The van der Waals surface area contributed by atoms with Crippen molar-refractivity contribution in [3.63, 3.8) is 0 Å². The number of benzene rings is 1. The van der Waals surface area contributed by atoms with E-state index in [-0.39, 0.29) is 0 Å². The van der Waals surface area contributed by atoms with Crippen molar-refractivity contribution in [1.29, 1.82) is 0 Å². The molecule has 0 aliphatic rings. The SMILES string of the molecule is C[I-](C)(C)Cc1ccccc1. The van der Waals surface area contributed by atoms with Crippen LogP contribution in [0.2, 0.25) is 0 Å². The summed E-state index contributed by atoms with van der Waals surface area (Å²) in [6.45, 7) is 0. The molecule has 0 saturated carbocycles. The number of rotatable bonds is 2. The Morgan fingerprint density at radius 1 is 1.00 bits per heavy atom. The summed E-state index contributed by atoms with van der Waals surface area (Å²) < 4.78 is 1.34. The van der Waals surface area contributed by atoms with Crippen molar-refractivity contribution < 1.29 is 18.4 Å². The van der Waals surface area contributed by atoms with E-state index in [0.29, 0.717) is 0 Å². The molecule has 1 heteroatoms. The Morgan fingerprint density at radius 2 is 1.55 bits per heavy atom. The topological polar surface area (TPSA) is 0 Å². The monoisotopic (exact) mass is 263 g/mol. The van der Waals surface area contributed by atoms with E-state index in [1.807, 2.05) is 0 Å². The Bertz CT molecular complexity index is 208. The predicted molar refractivity (Wildman–Crippen MR) is 47.9 cm³/mol. The zero-order valence-corrected chi connectivity index (χ0v) is 9.63. The third kappa shape index (κ3) is 3.75. The van der Waals surface area contributed by atoms with Crippen molar-refractivity contribution in [2.45, 2.75) is 4.43 Å². The van der Waals surface area contributed by atoms with Crippen molar-refractivity contribution in [2.75, 3.05) is 14.8 Å². The molecule has 1 aromatic rings. The van der Waals surface area contributed by atoms with Crippen LogP contribution in [0.3, 0.4) is 0 Å². The molecule has 11 heavy (non-hydrogen) atoms. The van der Waals surface area contributed by atoms with E-state index in [0.717, 1.165) is 0 Å². The number of hydrogen-bond donors (Lipinski definition) is 0. The summed E-state index contributed by atoms with van der Waals surface area (Å²) in [4.78, 5) is 7.33. The van der Waals surface area contributed by atoms with Crippen molar-refractivity contribution in [3.8, 4) is 0 Å². The van der Waals surface area contributed by atoms with Gasteiger partial charge in [0.05, 0.1) is 0 Å². The molecule has 0 nitrogen and oxygen atoms in total. The summed E-state index contributed by atoms with van der Waals surface area (Å²) in [6.07, 6.45) is 0. The molecule has 1 aromatic carbocycles. The van der Waals surface area contributed by atoms with Gasteiger partial charge >= 0.3 is 73.5 Å². The third-order valence-electron chi connectivity index (χ3n) is 1.40. The van der Waals surface area contributed by atoms with Gasteiger partial charge in [-0.05, 0) is 0 Å². The standard InChI is InChI=1S/C10H16I/c1-11(2,3)9-10-7-5-4-6-8-10/h4-8H,9H2,1-3H3/q-1. The average Bonchev–Trinajstić information content (AvgIpc) is 1.85. The molecule has 0 aromatic heterocycles. The van der Waals surface area contributed by atoms with E-state index in [4.69, 9.17) is 0 Å². The molecule has 0 radical (unpaired) electrons. The second-order valence-electron chi connectivity index (χ2n) is 3.55. The van der Waals surface area contributed by atoms with Gasteiger partial charge in [-0.2, -0.15) is 0 Å². The van der Waals surface area contributed by atoms with Gasteiger partial charge in [0, 0.05) is 0 Å². The van der Waals surface area contributed by atoms with Gasteiger partial charge in [-0.15, -0.1) is 0 Å². The average molecular weight is 263 g/mol. The Balaban J connectivity index is 2.66. The molecule has 0 heterocycles. The summed E-state index contributed by atoms with van der Waals surface area (Å²) in [5, 5.41) is 0. The fraction of sp³-hybridized carbons (Fsp3) is 0.400. The Kier molecular flexibility index (Phi) is 2.93. The quantitative estimate of drug-likeness (QED) is 0.486. The maximum absolute atomic E-state index is 2.44. The Morgan fingerprint density at radius 3 is 2.00 bits per heavy atom. The van der Waals surface area contributed by atoms with Crippen LogP contribution >= 0.6 is 0 Å². The van der Waals surface area contributed by atoms with Crippen LogP contribution in [0.25, 0.3) is 0 Å². The molecular formula is C10H16I-. The van der Waals surface area contributed by atoms with Gasteiger partial charge in [0.25, 0.3) is 0 Å². The molecule has 0 N–H and O–H groups in total. The Labute approximate surface area is 73.5 Å². The van der Waals surface area contributed by atoms with Crippen molar-refractivity contribution in [1.82, 2.24) is 0 Å². The molecule has 0 aliphatic heterocycles. The zero-order chi connectivity index (χ0) is 8.32. The summed E-state index contributed by atoms with van der Waals surface area (Å²) in [7, 11) is 0. The van der Waals surface area contributed by atoms with Crippen LogP contribution in [0.15, 0.2) is 30.3 Å². The van der Waals surface area contributed by atoms with Crippen molar-refractivity contribution >= 4 is 0 Å². The van der Waals surface area contributed by atoms with Crippen molar-refractivity contribution in [3.05, 3.63) is 35.9 Å². The summed E-state index contributed by atoms with van der Waals surface area (Å²) in [6, 6.07) is 10.8. The first-order valence-corrected chi connectivity index (χ1v) is 11.7. The normalized spacial score (nSPS) is 13.0. The van der Waals surface area contributed by atoms with Gasteiger partial charge in [0.15, 0.2) is 0 Å². The molecule has 0 aliphatic carbocycles. The molecule has 0 saturated heterocycles. The molecule has 0 fully saturated rings. The van der Waals surface area contributed by atoms with Crippen molar-refractivity contribution in [2.24, 2.45) is 0 Å². The maximum atomic E-state index is 2.44. The molecule has 64 valence electrons. The van der Waals surface area contributed by atoms with E-state index in [1.165, 1.54) is 9.99 Å². The number of alkyl halides is 4. The second-order valence-corrected chi connectivity index (χ2v) is 15.4. The van der Waals surface area contributed by atoms with Crippen LogP contribution in [-0.2, 0) is 4.43 Å².